The summed E-state index contributed by atoms with van der Waals surface area (Å²) in [5, 5.41) is 5.03. The maximum absolute atomic E-state index is 12.5. The molecule has 0 saturated carbocycles. The highest BCUT2D eigenvalue weighted by atomic mass is 32.2. The van der Waals surface area contributed by atoms with Crippen molar-refractivity contribution in [3.05, 3.63) is 18.2 Å². The highest BCUT2D eigenvalue weighted by molar-refractivity contribution is 7.89. The number of pyridine rings is 1. The summed E-state index contributed by atoms with van der Waals surface area (Å²) in [6, 6.07) is 4.78. The van der Waals surface area contributed by atoms with Crippen LogP contribution in [0.5, 0.6) is 0 Å². The number of rotatable bonds is 6. The van der Waals surface area contributed by atoms with Crippen LogP contribution in [0.1, 0.15) is 53.9 Å². The maximum atomic E-state index is 12.5. The Balaban J connectivity index is 1.90. The van der Waals surface area contributed by atoms with Crippen LogP contribution in [0, 0.1) is 5.92 Å². The van der Waals surface area contributed by atoms with Gasteiger partial charge >= 0.3 is 6.09 Å². The lowest BCUT2D eigenvalue weighted by Gasteiger charge is -2.33. The number of carbonyl (C=O) groups is 1. The Morgan fingerprint density at radius 1 is 1.38 bits per heavy atom. The maximum Gasteiger partial charge on any atom is 0.410 e. The number of likely N-dealkylation sites (tertiary alicyclic amines) is 1. The minimum absolute atomic E-state index is 0.132. The molecule has 1 aliphatic heterocycles. The zero-order valence-corrected chi connectivity index (χ0v) is 19.1. The van der Waals surface area contributed by atoms with Gasteiger partial charge < -0.3 is 14.5 Å². The first-order valence-corrected chi connectivity index (χ1v) is 11.5. The largest absolute Gasteiger partial charge is 0.444 e. The first-order valence-electron chi connectivity index (χ1n) is 9.91. The summed E-state index contributed by atoms with van der Waals surface area (Å²) < 4.78 is 28.5. The number of aromatic nitrogens is 1. The molecule has 164 valence electrons. The Kier molecular flexibility index (Phi) is 6.84. The van der Waals surface area contributed by atoms with Crippen LogP contribution in [-0.2, 0) is 14.8 Å². The van der Waals surface area contributed by atoms with Crippen molar-refractivity contribution in [3.63, 3.8) is 0 Å². The number of nitrogens with two attached hydrogens (primary N) is 1. The Morgan fingerprint density at radius 2 is 2.03 bits per heavy atom. The molecule has 0 aromatic carbocycles. The lowest BCUT2D eigenvalue weighted by Crippen LogP contribution is -2.45. The molecule has 1 fully saturated rings. The molecule has 0 aliphatic carbocycles. The molecule has 9 heteroatoms. The molecular weight excluding hydrogens is 392 g/mol. The van der Waals surface area contributed by atoms with Crippen molar-refractivity contribution in [1.82, 2.24) is 9.88 Å². The van der Waals surface area contributed by atoms with Crippen LogP contribution >= 0.6 is 0 Å². The van der Waals surface area contributed by atoms with Crippen molar-refractivity contribution >= 4 is 21.9 Å². The number of hydrogen-bond donors (Lipinski definition) is 1. The smallest absolute Gasteiger partial charge is 0.410 e. The van der Waals surface area contributed by atoms with Crippen molar-refractivity contribution in [3.8, 4) is 0 Å². The van der Waals surface area contributed by atoms with Gasteiger partial charge in [-0.25, -0.2) is 23.3 Å². The molecule has 1 aliphatic rings. The summed E-state index contributed by atoms with van der Waals surface area (Å²) in [6.07, 6.45) is 2.53. The van der Waals surface area contributed by atoms with Crippen molar-refractivity contribution in [2.75, 3.05) is 25.0 Å². The van der Waals surface area contributed by atoms with E-state index in [0.29, 0.717) is 18.3 Å². The molecule has 1 unspecified atom stereocenters. The van der Waals surface area contributed by atoms with Crippen molar-refractivity contribution in [2.45, 2.75) is 70.0 Å². The van der Waals surface area contributed by atoms with Crippen LogP contribution in [-0.4, -0.2) is 55.7 Å². The Bertz CT molecular complexity index is 833. The third-order valence-corrected chi connectivity index (χ3v) is 5.88. The van der Waals surface area contributed by atoms with E-state index in [4.69, 9.17) is 9.88 Å². The van der Waals surface area contributed by atoms with E-state index < -0.39 is 15.6 Å². The molecule has 29 heavy (non-hydrogen) atoms. The number of amides is 1. The van der Waals surface area contributed by atoms with Crippen molar-refractivity contribution in [2.24, 2.45) is 11.1 Å². The second-order valence-electron chi connectivity index (χ2n) is 9.42. The predicted molar refractivity (Wildman–Crippen MR) is 113 cm³/mol. The standard InChI is InChI=1S/C20H34N4O4S/c1-19(2,3)28-18(25)24-14-15(13-20(24,4)5)9-8-12-23(6)16-10-7-11-17(22-16)29(21,26)27/h7,10-11,15H,8-9,12-14H2,1-6H3,(H2,21,26,27). The highest BCUT2D eigenvalue weighted by Gasteiger charge is 2.42. The Hall–Kier alpha value is -1.87. The van der Waals surface area contributed by atoms with E-state index in [1.807, 2.05) is 37.6 Å². The van der Waals surface area contributed by atoms with Gasteiger partial charge in [0.2, 0.25) is 0 Å². The summed E-state index contributed by atoms with van der Waals surface area (Å²) in [7, 11) is -1.94. The van der Waals surface area contributed by atoms with Gasteiger partial charge in [-0.15, -0.1) is 0 Å². The van der Waals surface area contributed by atoms with Gasteiger partial charge in [-0.1, -0.05) is 6.07 Å². The molecule has 1 saturated heterocycles. The van der Waals surface area contributed by atoms with Crippen LogP contribution in [0.4, 0.5) is 10.6 Å². The van der Waals surface area contributed by atoms with E-state index in [9.17, 15) is 13.2 Å². The van der Waals surface area contributed by atoms with Gasteiger partial charge in [0.1, 0.15) is 11.4 Å². The molecular formula is C20H34N4O4S. The van der Waals surface area contributed by atoms with E-state index in [-0.39, 0.29) is 16.7 Å². The number of nitrogens with zero attached hydrogens (tertiary/aromatic N) is 3. The van der Waals surface area contributed by atoms with Gasteiger partial charge in [0.05, 0.1) is 0 Å². The summed E-state index contributed by atoms with van der Waals surface area (Å²) >= 11 is 0. The van der Waals surface area contributed by atoms with E-state index in [1.165, 1.54) is 6.07 Å². The van der Waals surface area contributed by atoms with Crippen LogP contribution in [0.2, 0.25) is 0 Å². The predicted octanol–water partition coefficient (Wildman–Crippen LogP) is 2.98. The van der Waals surface area contributed by atoms with Gasteiger partial charge in [0.25, 0.3) is 10.0 Å². The summed E-state index contributed by atoms with van der Waals surface area (Å²) in [6.45, 7) is 11.2. The van der Waals surface area contributed by atoms with Gasteiger partial charge in [0.15, 0.2) is 5.03 Å². The van der Waals surface area contributed by atoms with Crippen LogP contribution in [0.25, 0.3) is 0 Å². The highest BCUT2D eigenvalue weighted by Crippen LogP contribution is 2.36. The van der Waals surface area contributed by atoms with Crippen LogP contribution < -0.4 is 10.0 Å². The number of anilines is 1. The molecule has 0 radical (unpaired) electrons. The number of hydrogen-bond acceptors (Lipinski definition) is 6. The molecule has 0 bridgehead atoms. The summed E-state index contributed by atoms with van der Waals surface area (Å²) in [5.41, 5.74) is -0.739. The average molecular weight is 427 g/mol. The van der Waals surface area contributed by atoms with E-state index in [1.54, 1.807) is 12.1 Å². The van der Waals surface area contributed by atoms with Crippen molar-refractivity contribution in [1.29, 1.82) is 0 Å². The summed E-state index contributed by atoms with van der Waals surface area (Å²) in [4.78, 5) is 20.4. The van der Waals surface area contributed by atoms with Gasteiger partial charge in [-0.2, -0.15) is 0 Å². The van der Waals surface area contributed by atoms with Gasteiger partial charge in [-0.05, 0) is 71.9 Å². The third-order valence-electron chi connectivity index (χ3n) is 5.07. The molecule has 2 rings (SSSR count). The minimum Gasteiger partial charge on any atom is -0.444 e. The fourth-order valence-electron chi connectivity index (χ4n) is 3.73. The van der Waals surface area contributed by atoms with E-state index >= 15 is 0 Å². The second kappa shape index (κ2) is 8.47. The zero-order valence-electron chi connectivity index (χ0n) is 18.3. The lowest BCUT2D eigenvalue weighted by molar-refractivity contribution is 0.0131. The number of ether oxygens (including phenoxy) is 1. The number of primary sulfonamides is 1. The van der Waals surface area contributed by atoms with Crippen molar-refractivity contribution < 1.29 is 17.9 Å². The molecule has 2 N–H and O–H groups in total. The SMILES string of the molecule is CN(CCCC1CN(C(=O)OC(C)(C)C)C(C)(C)C1)c1cccc(S(N)(=O)=O)n1. The molecule has 1 aromatic heterocycles. The first kappa shape index (κ1) is 23.4. The number of sulfonamides is 1. The van der Waals surface area contributed by atoms with Crippen LogP contribution in [0.3, 0.4) is 0 Å². The van der Waals surface area contributed by atoms with E-state index in [2.05, 4.69) is 18.8 Å². The minimum atomic E-state index is -3.82. The topological polar surface area (TPSA) is 106 Å². The summed E-state index contributed by atoms with van der Waals surface area (Å²) in [5.74, 6) is 0.966. The van der Waals surface area contributed by atoms with E-state index in [0.717, 1.165) is 25.8 Å². The van der Waals surface area contributed by atoms with Gasteiger partial charge in [0, 0.05) is 25.7 Å². The quantitative estimate of drug-likeness (QED) is 0.749. The van der Waals surface area contributed by atoms with Crippen LogP contribution in [0.15, 0.2) is 23.2 Å². The third kappa shape index (κ3) is 6.57. The molecule has 1 aromatic rings. The normalized spacial score (nSPS) is 19.3. The second-order valence-corrected chi connectivity index (χ2v) is 10.9. The molecule has 1 amide bonds. The fraction of sp³-hybridized carbons (Fsp3) is 0.700. The lowest BCUT2D eigenvalue weighted by atomic mass is 9.93. The monoisotopic (exact) mass is 426 g/mol. The molecule has 0 spiro atoms. The zero-order chi connectivity index (χ0) is 22.0. The Morgan fingerprint density at radius 3 is 2.62 bits per heavy atom. The average Bonchev–Trinajstić information content (AvgIpc) is 2.87. The number of carbonyl (C=O) groups excluding carboxylic acids is 1. The molecule has 8 nitrogen and oxygen atoms in total. The molecule has 2 heterocycles. The fourth-order valence-corrected chi connectivity index (χ4v) is 4.21. The molecule has 1 atom stereocenters. The Labute approximate surface area is 174 Å². The van der Waals surface area contributed by atoms with Gasteiger partial charge in [-0.3, -0.25) is 0 Å². The first-order chi connectivity index (χ1) is 13.2.